The van der Waals surface area contributed by atoms with Gasteiger partial charge in [-0.1, -0.05) is 26.7 Å². The van der Waals surface area contributed by atoms with Gasteiger partial charge in [0.25, 0.3) is 0 Å². The lowest BCUT2D eigenvalue weighted by molar-refractivity contribution is -0.0973. The number of rotatable bonds is 5. The van der Waals surface area contributed by atoms with Crippen molar-refractivity contribution in [3.63, 3.8) is 0 Å². The Labute approximate surface area is 81.6 Å². The van der Waals surface area contributed by atoms with E-state index in [0.717, 1.165) is 13.0 Å². The Morgan fingerprint density at radius 1 is 1.38 bits per heavy atom. The van der Waals surface area contributed by atoms with Crippen LogP contribution in [0.4, 0.5) is 0 Å². The van der Waals surface area contributed by atoms with E-state index in [1.54, 1.807) is 0 Å². The van der Waals surface area contributed by atoms with Gasteiger partial charge in [-0.05, 0) is 19.8 Å². The van der Waals surface area contributed by atoms with Crippen molar-refractivity contribution in [1.82, 2.24) is 0 Å². The zero-order valence-corrected chi connectivity index (χ0v) is 9.08. The van der Waals surface area contributed by atoms with E-state index in [2.05, 4.69) is 20.8 Å². The Hall–Kier alpha value is -0.0800. The largest absolute Gasteiger partial charge is 0.350 e. The Bertz CT molecular complexity index is 136. The first kappa shape index (κ1) is 11.0. The molecule has 0 radical (unpaired) electrons. The highest BCUT2D eigenvalue weighted by atomic mass is 16.7. The molecular weight excluding hydrogens is 164 g/mol. The predicted molar refractivity (Wildman–Crippen MR) is 53.6 cm³/mol. The standard InChI is InChI=1S/C11H22O2/c1-4-6-7-10(5-2)11-12-8-9(3)13-11/h9-11H,4-8H2,1-3H3/t9-,10-,11+/m1/s1. The Kier molecular flexibility index (Phi) is 4.74. The van der Waals surface area contributed by atoms with Crippen LogP contribution in [0.1, 0.15) is 46.5 Å². The first-order valence-corrected chi connectivity index (χ1v) is 5.55. The second kappa shape index (κ2) is 5.61. The molecule has 0 aliphatic carbocycles. The molecule has 1 heterocycles. The Morgan fingerprint density at radius 3 is 2.62 bits per heavy atom. The molecule has 0 saturated carbocycles. The molecule has 1 aliphatic rings. The molecule has 0 aromatic rings. The maximum absolute atomic E-state index is 5.69. The molecule has 1 rings (SSSR count). The van der Waals surface area contributed by atoms with Gasteiger partial charge >= 0.3 is 0 Å². The average Bonchev–Trinajstić information content (AvgIpc) is 2.54. The smallest absolute Gasteiger partial charge is 0.160 e. The summed E-state index contributed by atoms with van der Waals surface area (Å²) in [6.45, 7) is 7.29. The van der Waals surface area contributed by atoms with E-state index in [-0.39, 0.29) is 6.29 Å². The topological polar surface area (TPSA) is 18.5 Å². The van der Waals surface area contributed by atoms with Crippen LogP contribution in [0.2, 0.25) is 0 Å². The van der Waals surface area contributed by atoms with Gasteiger partial charge < -0.3 is 9.47 Å². The van der Waals surface area contributed by atoms with Crippen LogP contribution >= 0.6 is 0 Å². The van der Waals surface area contributed by atoms with E-state index < -0.39 is 0 Å². The van der Waals surface area contributed by atoms with Crippen molar-refractivity contribution in [3.05, 3.63) is 0 Å². The number of hydrogen-bond acceptors (Lipinski definition) is 2. The van der Waals surface area contributed by atoms with E-state index >= 15 is 0 Å². The normalized spacial score (nSPS) is 30.7. The molecule has 0 spiro atoms. The fourth-order valence-corrected chi connectivity index (χ4v) is 1.78. The highest BCUT2D eigenvalue weighted by molar-refractivity contribution is 4.68. The second-order valence-electron chi connectivity index (χ2n) is 3.96. The van der Waals surface area contributed by atoms with Crippen LogP contribution in [0.15, 0.2) is 0 Å². The first-order chi connectivity index (χ1) is 6.27. The van der Waals surface area contributed by atoms with Gasteiger partial charge in [0.05, 0.1) is 12.7 Å². The monoisotopic (exact) mass is 186 g/mol. The SMILES string of the molecule is CCCC[C@@H](CC)[C@H]1OC[C@@H](C)O1. The van der Waals surface area contributed by atoms with Crippen molar-refractivity contribution in [2.75, 3.05) is 6.61 Å². The minimum Gasteiger partial charge on any atom is -0.350 e. The van der Waals surface area contributed by atoms with Gasteiger partial charge in [0, 0.05) is 5.92 Å². The fraction of sp³-hybridized carbons (Fsp3) is 1.00. The van der Waals surface area contributed by atoms with Gasteiger partial charge in [-0.25, -0.2) is 0 Å². The Morgan fingerprint density at radius 2 is 2.15 bits per heavy atom. The molecule has 2 heteroatoms. The molecule has 1 fully saturated rings. The molecule has 0 aromatic carbocycles. The van der Waals surface area contributed by atoms with Gasteiger partial charge in [-0.3, -0.25) is 0 Å². The van der Waals surface area contributed by atoms with Gasteiger partial charge in [-0.15, -0.1) is 0 Å². The molecule has 0 amide bonds. The van der Waals surface area contributed by atoms with Crippen LogP contribution in [0.3, 0.4) is 0 Å². The Balaban J connectivity index is 2.29. The predicted octanol–water partition coefficient (Wildman–Crippen LogP) is 2.96. The van der Waals surface area contributed by atoms with Crippen LogP contribution < -0.4 is 0 Å². The number of hydrogen-bond donors (Lipinski definition) is 0. The van der Waals surface area contributed by atoms with Crippen LogP contribution in [-0.4, -0.2) is 19.0 Å². The minimum atomic E-state index is 0.0755. The van der Waals surface area contributed by atoms with E-state index in [1.165, 1.54) is 19.3 Å². The summed E-state index contributed by atoms with van der Waals surface area (Å²) >= 11 is 0. The summed E-state index contributed by atoms with van der Waals surface area (Å²) < 4.78 is 11.3. The highest BCUT2D eigenvalue weighted by Gasteiger charge is 2.28. The zero-order valence-electron chi connectivity index (χ0n) is 9.08. The summed E-state index contributed by atoms with van der Waals surface area (Å²) in [5.74, 6) is 0.602. The maximum Gasteiger partial charge on any atom is 0.160 e. The molecular formula is C11H22O2. The first-order valence-electron chi connectivity index (χ1n) is 5.55. The maximum atomic E-state index is 5.69. The van der Waals surface area contributed by atoms with Gasteiger partial charge in [-0.2, -0.15) is 0 Å². The van der Waals surface area contributed by atoms with Crippen molar-refractivity contribution >= 4 is 0 Å². The number of unbranched alkanes of at least 4 members (excludes halogenated alkanes) is 1. The zero-order chi connectivity index (χ0) is 9.68. The third-order valence-corrected chi connectivity index (χ3v) is 2.70. The summed E-state index contributed by atoms with van der Waals surface area (Å²) in [5.41, 5.74) is 0. The quantitative estimate of drug-likeness (QED) is 0.657. The van der Waals surface area contributed by atoms with Crippen LogP contribution in [0, 0.1) is 5.92 Å². The summed E-state index contributed by atoms with van der Waals surface area (Å²) in [4.78, 5) is 0. The van der Waals surface area contributed by atoms with E-state index in [1.807, 2.05) is 0 Å². The molecule has 13 heavy (non-hydrogen) atoms. The van der Waals surface area contributed by atoms with E-state index in [0.29, 0.717) is 12.0 Å². The molecule has 0 unspecified atom stereocenters. The lowest BCUT2D eigenvalue weighted by atomic mass is 9.99. The number of ether oxygens (including phenoxy) is 2. The molecule has 78 valence electrons. The third kappa shape index (κ3) is 3.28. The average molecular weight is 186 g/mol. The molecule has 1 aliphatic heterocycles. The van der Waals surface area contributed by atoms with Gasteiger partial charge in [0.1, 0.15) is 0 Å². The van der Waals surface area contributed by atoms with Crippen molar-refractivity contribution in [2.45, 2.75) is 58.8 Å². The van der Waals surface area contributed by atoms with E-state index in [4.69, 9.17) is 9.47 Å². The second-order valence-corrected chi connectivity index (χ2v) is 3.96. The fourth-order valence-electron chi connectivity index (χ4n) is 1.78. The van der Waals surface area contributed by atoms with Crippen molar-refractivity contribution in [3.8, 4) is 0 Å². The molecule has 0 bridgehead atoms. The minimum absolute atomic E-state index is 0.0755. The van der Waals surface area contributed by atoms with Crippen molar-refractivity contribution in [2.24, 2.45) is 5.92 Å². The summed E-state index contributed by atoms with van der Waals surface area (Å²) in [6, 6.07) is 0. The lowest BCUT2D eigenvalue weighted by Crippen LogP contribution is -2.21. The van der Waals surface area contributed by atoms with Crippen molar-refractivity contribution < 1.29 is 9.47 Å². The van der Waals surface area contributed by atoms with E-state index in [9.17, 15) is 0 Å². The summed E-state index contributed by atoms with van der Waals surface area (Å²) in [6.07, 6.45) is 5.32. The summed E-state index contributed by atoms with van der Waals surface area (Å²) in [7, 11) is 0. The highest BCUT2D eigenvalue weighted by Crippen LogP contribution is 2.25. The third-order valence-electron chi connectivity index (χ3n) is 2.70. The van der Waals surface area contributed by atoms with Gasteiger partial charge in [0.2, 0.25) is 0 Å². The van der Waals surface area contributed by atoms with Gasteiger partial charge in [0.15, 0.2) is 6.29 Å². The molecule has 0 aromatic heterocycles. The molecule has 0 N–H and O–H groups in total. The molecule has 2 nitrogen and oxygen atoms in total. The molecule has 3 atom stereocenters. The van der Waals surface area contributed by atoms with Crippen LogP contribution in [-0.2, 0) is 9.47 Å². The van der Waals surface area contributed by atoms with Crippen molar-refractivity contribution in [1.29, 1.82) is 0 Å². The lowest BCUT2D eigenvalue weighted by Gasteiger charge is -2.20. The van der Waals surface area contributed by atoms with Crippen LogP contribution in [0.25, 0.3) is 0 Å². The van der Waals surface area contributed by atoms with Crippen LogP contribution in [0.5, 0.6) is 0 Å². The molecule has 1 saturated heterocycles. The summed E-state index contributed by atoms with van der Waals surface area (Å²) in [5, 5.41) is 0.